The minimum atomic E-state index is -3.40. The van der Waals surface area contributed by atoms with Crippen LogP contribution in [-0.4, -0.2) is 40.7 Å². The van der Waals surface area contributed by atoms with Gasteiger partial charge in [0.25, 0.3) is 0 Å². The number of hydrogen-bond donors (Lipinski definition) is 0. The first-order valence-electron chi connectivity index (χ1n) is 10.0. The maximum Gasteiger partial charge on any atom is 0.0693 e. The third kappa shape index (κ3) is 7.19. The maximum absolute atomic E-state index is 12.8. The number of para-hydroxylation sites is 1. The van der Waals surface area contributed by atoms with Crippen LogP contribution in [-0.2, 0) is 34.9 Å². The first-order chi connectivity index (χ1) is 15.0. The molecule has 0 heterocycles. The van der Waals surface area contributed by atoms with Gasteiger partial charge in [-0.25, -0.2) is 0 Å². The molecule has 3 rings (SSSR count). The Morgan fingerprint density at radius 2 is 1.16 bits per heavy atom. The van der Waals surface area contributed by atoms with Crippen LogP contribution in [0.25, 0.3) is 0 Å². The molecule has 0 bridgehead atoms. The fourth-order valence-electron chi connectivity index (χ4n) is 3.08. The Balaban J connectivity index is 0.000000258. The summed E-state index contributed by atoms with van der Waals surface area (Å²) in [6, 6.07) is 16.5. The zero-order valence-electron chi connectivity index (χ0n) is 17.5. The normalized spacial score (nSPS) is 27.6. The SMILES string of the molecule is C[CH2][Hg][N](c1ccccc1)S(=O)(=O)c1ccc(C)cc1.ClC1C(Cl)C(Cl)C(Cl)C(Cl)C1Cl. The molecule has 0 aromatic heterocycles. The van der Waals surface area contributed by atoms with Gasteiger partial charge in [0.2, 0.25) is 0 Å². The van der Waals surface area contributed by atoms with Crippen LogP contribution in [0.1, 0.15) is 12.5 Å². The molecule has 1 aliphatic carbocycles. The van der Waals surface area contributed by atoms with Gasteiger partial charge >= 0.3 is 134 Å². The number of halogens is 6. The molecule has 1 fully saturated rings. The fraction of sp³-hybridized carbons (Fsp3) is 0.429. The summed E-state index contributed by atoms with van der Waals surface area (Å²) in [6.45, 7) is 4.03. The van der Waals surface area contributed by atoms with Crippen molar-refractivity contribution in [3.8, 4) is 0 Å². The van der Waals surface area contributed by atoms with E-state index >= 15 is 0 Å². The van der Waals surface area contributed by atoms with E-state index in [2.05, 4.69) is 6.92 Å². The van der Waals surface area contributed by atoms with Gasteiger partial charge in [-0.1, -0.05) is 0 Å². The summed E-state index contributed by atoms with van der Waals surface area (Å²) >= 11 is 33.6. The van der Waals surface area contributed by atoms with Crippen LogP contribution in [0.2, 0.25) is 3.93 Å². The van der Waals surface area contributed by atoms with E-state index in [-0.39, 0.29) is 0 Å². The van der Waals surface area contributed by atoms with E-state index in [1.807, 2.05) is 49.4 Å². The van der Waals surface area contributed by atoms with E-state index in [9.17, 15) is 8.42 Å². The predicted molar refractivity (Wildman–Crippen MR) is 136 cm³/mol. The van der Waals surface area contributed by atoms with Crippen LogP contribution in [0.4, 0.5) is 5.69 Å². The molecule has 0 amide bonds. The van der Waals surface area contributed by atoms with Crippen LogP contribution >= 0.6 is 69.6 Å². The Labute approximate surface area is 233 Å². The predicted octanol–water partition coefficient (Wildman–Crippen LogP) is 7.27. The molecule has 174 valence electrons. The van der Waals surface area contributed by atoms with Crippen molar-refractivity contribution in [2.24, 2.45) is 0 Å². The number of hydrogen-bond acceptors (Lipinski definition) is 2. The van der Waals surface area contributed by atoms with E-state index in [1.54, 1.807) is 14.2 Å². The maximum atomic E-state index is 12.8. The summed E-state index contributed by atoms with van der Waals surface area (Å²) < 4.78 is 28.3. The average Bonchev–Trinajstić information content (AvgIpc) is 2.80. The Morgan fingerprint density at radius 3 is 1.53 bits per heavy atom. The van der Waals surface area contributed by atoms with E-state index in [0.29, 0.717) is 4.90 Å². The number of alkyl halides is 6. The van der Waals surface area contributed by atoms with Crippen LogP contribution in [0, 0.1) is 6.92 Å². The number of rotatable bonds is 5. The molecular formula is C21H23Cl6HgNO2S. The molecule has 1 aliphatic rings. The molecule has 3 nitrogen and oxygen atoms in total. The van der Waals surface area contributed by atoms with Crippen molar-refractivity contribution >= 4 is 85.3 Å². The van der Waals surface area contributed by atoms with Gasteiger partial charge in [0.05, 0.1) is 32.3 Å². The number of nitrogens with zero attached hydrogens (tertiary/aromatic N) is 1. The third-order valence-corrected chi connectivity index (χ3v) is 20.9. The van der Waals surface area contributed by atoms with E-state index in [1.165, 1.54) is 0 Å². The fourth-order valence-corrected chi connectivity index (χ4v) is 16.3. The Bertz CT molecular complexity index is 892. The van der Waals surface area contributed by atoms with Crippen LogP contribution in [0.3, 0.4) is 0 Å². The molecule has 0 saturated heterocycles. The van der Waals surface area contributed by atoms with Crippen molar-refractivity contribution in [3.63, 3.8) is 0 Å². The monoisotopic (exact) mass is 765 g/mol. The molecule has 11 heteroatoms. The molecule has 2 aromatic rings. The third-order valence-electron chi connectivity index (χ3n) is 4.91. The number of sulfonamides is 1. The van der Waals surface area contributed by atoms with Gasteiger partial charge in [-0.05, 0) is 0 Å². The molecule has 0 aliphatic heterocycles. The summed E-state index contributed by atoms with van der Waals surface area (Å²) in [5.74, 6) is 0. The molecule has 0 spiro atoms. The van der Waals surface area contributed by atoms with Gasteiger partial charge < -0.3 is 0 Å². The summed E-state index contributed by atoms with van der Waals surface area (Å²) in [4.78, 5) is 0.389. The second-order valence-electron chi connectivity index (χ2n) is 7.39. The summed E-state index contributed by atoms with van der Waals surface area (Å²) in [5.41, 5.74) is 1.87. The molecular weight excluding hydrogens is 744 g/mol. The van der Waals surface area contributed by atoms with Crippen molar-refractivity contribution in [3.05, 3.63) is 60.2 Å². The van der Waals surface area contributed by atoms with E-state index in [4.69, 9.17) is 69.6 Å². The second-order valence-corrected chi connectivity index (χ2v) is 22.1. The zero-order chi connectivity index (χ0) is 24.1. The van der Waals surface area contributed by atoms with Crippen LogP contribution in [0.5, 0.6) is 0 Å². The summed E-state index contributed by atoms with van der Waals surface area (Å²) in [7, 11) is -3.40. The summed E-state index contributed by atoms with van der Waals surface area (Å²) in [6.07, 6.45) is 0. The minimum absolute atomic E-state index is 0.389. The van der Waals surface area contributed by atoms with Gasteiger partial charge in [0, 0.05) is 0 Å². The topological polar surface area (TPSA) is 37.4 Å². The van der Waals surface area contributed by atoms with Crippen LogP contribution in [0.15, 0.2) is 59.5 Å². The van der Waals surface area contributed by atoms with Gasteiger partial charge in [0.1, 0.15) is 0 Å². The zero-order valence-corrected chi connectivity index (χ0v) is 28.4. The molecule has 0 unspecified atom stereocenters. The molecule has 0 radical (unpaired) electrons. The number of benzene rings is 2. The van der Waals surface area contributed by atoms with Crippen molar-refractivity contribution in [1.82, 2.24) is 0 Å². The average molecular weight is 767 g/mol. The largest absolute Gasteiger partial charge is 0.120 e. The molecule has 2 aromatic carbocycles. The van der Waals surface area contributed by atoms with Crippen molar-refractivity contribution < 1.29 is 33.3 Å². The second kappa shape index (κ2) is 13.2. The van der Waals surface area contributed by atoms with Gasteiger partial charge in [0.15, 0.2) is 0 Å². The van der Waals surface area contributed by atoms with Gasteiger partial charge in [-0.3, -0.25) is 0 Å². The first-order valence-corrected chi connectivity index (χ1v) is 20.4. The molecule has 0 atom stereocenters. The van der Waals surface area contributed by atoms with Gasteiger partial charge in [-0.15, -0.1) is 69.6 Å². The van der Waals surface area contributed by atoms with Crippen molar-refractivity contribution in [1.29, 1.82) is 0 Å². The van der Waals surface area contributed by atoms with Crippen LogP contribution < -0.4 is 2.07 Å². The van der Waals surface area contributed by atoms with Gasteiger partial charge in [-0.2, -0.15) is 0 Å². The first kappa shape index (κ1) is 29.1. The molecule has 32 heavy (non-hydrogen) atoms. The summed E-state index contributed by atoms with van der Waals surface area (Å²) in [5, 5.41) is -2.62. The quantitative estimate of drug-likeness (QED) is 0.237. The Morgan fingerprint density at radius 1 is 0.750 bits per heavy atom. The van der Waals surface area contributed by atoms with Crippen molar-refractivity contribution in [2.75, 3.05) is 2.07 Å². The number of aryl methyl sites for hydroxylation is 1. The number of anilines is 1. The molecule has 0 N–H and O–H groups in total. The Hall–Kier alpha value is 0.865. The smallest absolute Gasteiger partial charge is 0.0693 e. The molecule has 1 saturated carbocycles. The Kier molecular flexibility index (Phi) is 12.0. The standard InChI is InChI=1S/C13H12NO2S.C6H6Cl6.C2H5.Hg/c1-11-7-9-13(10-8-11)17(15,16)14-12-5-3-2-4-6-12;7-1-2(8)4(10)6(12)5(11)3(1)9;1-2;/h2-10H,1H3;1-6H;1H2,2H3;/q-1;;;+1. The minimum Gasteiger partial charge on any atom is -0.120 e. The van der Waals surface area contributed by atoms with E-state index < -0.39 is 67.2 Å². The van der Waals surface area contributed by atoms with Crippen molar-refractivity contribution in [2.45, 2.75) is 54.9 Å². The van der Waals surface area contributed by atoms with E-state index in [0.717, 1.165) is 15.2 Å².